The summed E-state index contributed by atoms with van der Waals surface area (Å²) in [5, 5.41) is 7.22. The Kier molecular flexibility index (Phi) is 6.18. The van der Waals surface area contributed by atoms with Gasteiger partial charge >= 0.3 is 0 Å². The first-order chi connectivity index (χ1) is 24.3. The van der Waals surface area contributed by atoms with Crippen LogP contribution >= 0.6 is 0 Å². The van der Waals surface area contributed by atoms with Gasteiger partial charge in [-0.25, -0.2) is 0 Å². The van der Waals surface area contributed by atoms with E-state index in [9.17, 15) is 0 Å². The average Bonchev–Trinajstić information content (AvgIpc) is 3.52. The minimum absolute atomic E-state index is 0.945. The lowest BCUT2D eigenvalue weighted by Crippen LogP contribution is -1.93. The largest absolute Gasteiger partial charge is 0.309 e. The molecule has 3 heteroatoms. The molecule has 0 spiro atoms. The summed E-state index contributed by atoms with van der Waals surface area (Å²) in [6.45, 7) is 0. The molecule has 0 N–H and O–H groups in total. The summed E-state index contributed by atoms with van der Waals surface area (Å²) < 4.78 is 2.36. The molecule has 0 radical (unpaired) electrons. The normalized spacial score (nSPS) is 11.7. The standard InChI is InChI=1S/C46H29N3/c1-2-10-40-37(7-1)42-29-35(23-26-41(42)46-45(40)47-27-28-48-46)34-19-17-31(18-20-34)30-13-15-32(16-14-30)33-21-24-36(25-22-33)49-43-11-5-3-8-38(43)39-9-4-6-12-44(39)49/h1-29H. The van der Waals surface area contributed by atoms with E-state index >= 15 is 0 Å². The molecule has 0 atom stereocenters. The van der Waals surface area contributed by atoms with Gasteiger partial charge in [0.25, 0.3) is 0 Å². The molecule has 0 saturated heterocycles. The molecule has 0 bridgehead atoms. The van der Waals surface area contributed by atoms with E-state index in [0.717, 1.165) is 21.8 Å². The average molecular weight is 624 g/mol. The number of hydrogen-bond donors (Lipinski definition) is 0. The fourth-order valence-electron chi connectivity index (χ4n) is 7.52. The molecule has 3 nitrogen and oxygen atoms in total. The van der Waals surface area contributed by atoms with Gasteiger partial charge in [0.2, 0.25) is 0 Å². The molecule has 49 heavy (non-hydrogen) atoms. The summed E-state index contributed by atoms with van der Waals surface area (Å²) in [5.41, 5.74) is 12.7. The van der Waals surface area contributed by atoms with Crippen molar-refractivity contribution in [1.29, 1.82) is 0 Å². The second kappa shape index (κ2) is 11.0. The molecule has 2 heterocycles. The highest BCUT2D eigenvalue weighted by Crippen LogP contribution is 2.37. The maximum atomic E-state index is 4.70. The number of rotatable bonds is 4. The molecule has 228 valence electrons. The molecule has 10 rings (SSSR count). The van der Waals surface area contributed by atoms with Crippen LogP contribution in [-0.4, -0.2) is 14.5 Å². The minimum Gasteiger partial charge on any atom is -0.309 e. The van der Waals surface area contributed by atoms with E-state index in [2.05, 4.69) is 173 Å². The first-order valence-corrected chi connectivity index (χ1v) is 16.7. The van der Waals surface area contributed by atoms with Gasteiger partial charge in [0.05, 0.1) is 22.1 Å². The Balaban J connectivity index is 0.940. The lowest BCUT2D eigenvalue weighted by molar-refractivity contribution is 1.18. The molecule has 0 unspecified atom stereocenters. The van der Waals surface area contributed by atoms with Crippen LogP contribution in [0.1, 0.15) is 0 Å². The first-order valence-electron chi connectivity index (χ1n) is 16.7. The van der Waals surface area contributed by atoms with Gasteiger partial charge in [-0.05, 0) is 74.5 Å². The third kappa shape index (κ3) is 4.44. The van der Waals surface area contributed by atoms with Gasteiger partial charge in [0.1, 0.15) is 0 Å². The fraction of sp³-hybridized carbons (Fsp3) is 0. The maximum Gasteiger partial charge on any atom is 0.0971 e. The molecule has 0 fully saturated rings. The Hall–Kier alpha value is -6.58. The van der Waals surface area contributed by atoms with Crippen molar-refractivity contribution in [3.05, 3.63) is 176 Å². The number of para-hydroxylation sites is 2. The van der Waals surface area contributed by atoms with E-state index in [1.807, 2.05) is 0 Å². The monoisotopic (exact) mass is 623 g/mol. The Labute approximate surface area is 283 Å². The summed E-state index contributed by atoms with van der Waals surface area (Å²) in [5.74, 6) is 0. The number of benzene rings is 8. The Morgan fingerprint density at radius 1 is 0.306 bits per heavy atom. The summed E-state index contributed by atoms with van der Waals surface area (Å²) in [6, 6.07) is 59.1. The zero-order valence-electron chi connectivity index (χ0n) is 26.6. The molecular formula is C46H29N3. The molecule has 0 aliphatic carbocycles. The van der Waals surface area contributed by atoms with Crippen LogP contribution in [0.15, 0.2) is 176 Å². The van der Waals surface area contributed by atoms with Crippen LogP contribution in [-0.2, 0) is 0 Å². The van der Waals surface area contributed by atoms with E-state index in [-0.39, 0.29) is 0 Å². The van der Waals surface area contributed by atoms with Gasteiger partial charge in [-0.1, -0.05) is 133 Å². The van der Waals surface area contributed by atoms with Crippen molar-refractivity contribution < 1.29 is 0 Å². The van der Waals surface area contributed by atoms with E-state index < -0.39 is 0 Å². The van der Waals surface area contributed by atoms with Crippen molar-refractivity contribution >= 4 is 54.4 Å². The Morgan fingerprint density at radius 2 is 0.694 bits per heavy atom. The predicted molar refractivity (Wildman–Crippen MR) is 205 cm³/mol. The Bertz CT molecular complexity index is 2760. The van der Waals surface area contributed by atoms with Crippen molar-refractivity contribution in [2.24, 2.45) is 0 Å². The van der Waals surface area contributed by atoms with Crippen molar-refractivity contribution in [1.82, 2.24) is 14.5 Å². The lowest BCUT2D eigenvalue weighted by atomic mass is 9.94. The van der Waals surface area contributed by atoms with Crippen molar-refractivity contribution in [3.8, 4) is 39.1 Å². The number of aromatic nitrogens is 3. The van der Waals surface area contributed by atoms with Gasteiger partial charge in [-0.2, -0.15) is 0 Å². The van der Waals surface area contributed by atoms with Crippen molar-refractivity contribution in [3.63, 3.8) is 0 Å². The van der Waals surface area contributed by atoms with E-state index in [4.69, 9.17) is 4.98 Å². The van der Waals surface area contributed by atoms with Crippen LogP contribution < -0.4 is 0 Å². The van der Waals surface area contributed by atoms with Crippen LogP contribution in [0.3, 0.4) is 0 Å². The van der Waals surface area contributed by atoms with Crippen LogP contribution in [0, 0.1) is 0 Å². The second-order valence-electron chi connectivity index (χ2n) is 12.6. The predicted octanol–water partition coefficient (Wildman–Crippen LogP) is 12.0. The molecule has 0 amide bonds. The highest BCUT2D eigenvalue weighted by atomic mass is 15.0. The van der Waals surface area contributed by atoms with Gasteiger partial charge in [-0.3, -0.25) is 9.97 Å². The fourth-order valence-corrected chi connectivity index (χ4v) is 7.52. The van der Waals surface area contributed by atoms with Crippen LogP contribution in [0.25, 0.3) is 93.5 Å². The zero-order valence-corrected chi connectivity index (χ0v) is 26.6. The van der Waals surface area contributed by atoms with Gasteiger partial charge in [-0.15, -0.1) is 0 Å². The maximum absolute atomic E-state index is 4.70. The topological polar surface area (TPSA) is 30.7 Å². The summed E-state index contributed by atoms with van der Waals surface area (Å²) in [6.07, 6.45) is 3.55. The van der Waals surface area contributed by atoms with E-state index in [1.165, 1.54) is 71.6 Å². The molecule has 0 aliphatic heterocycles. The van der Waals surface area contributed by atoms with E-state index in [0.29, 0.717) is 0 Å². The highest BCUT2D eigenvalue weighted by Gasteiger charge is 2.13. The van der Waals surface area contributed by atoms with Crippen molar-refractivity contribution in [2.75, 3.05) is 0 Å². The molecule has 2 aromatic heterocycles. The first kappa shape index (κ1) is 27.5. The van der Waals surface area contributed by atoms with Crippen LogP contribution in [0.5, 0.6) is 0 Å². The molecule has 8 aromatic carbocycles. The van der Waals surface area contributed by atoms with Crippen LogP contribution in [0.4, 0.5) is 0 Å². The molecule has 0 saturated carbocycles. The van der Waals surface area contributed by atoms with Crippen LogP contribution in [0.2, 0.25) is 0 Å². The third-order valence-corrected chi connectivity index (χ3v) is 9.92. The number of fused-ring (bicyclic) bond motifs is 9. The Morgan fingerprint density at radius 3 is 1.22 bits per heavy atom. The van der Waals surface area contributed by atoms with Gasteiger partial charge in [0.15, 0.2) is 0 Å². The molecule has 0 aliphatic rings. The minimum atomic E-state index is 0.945. The smallest absolute Gasteiger partial charge is 0.0971 e. The molecular weight excluding hydrogens is 595 g/mol. The summed E-state index contributed by atoms with van der Waals surface area (Å²) in [4.78, 5) is 9.37. The highest BCUT2D eigenvalue weighted by molar-refractivity contribution is 6.23. The van der Waals surface area contributed by atoms with E-state index in [1.54, 1.807) is 12.4 Å². The van der Waals surface area contributed by atoms with Crippen molar-refractivity contribution in [2.45, 2.75) is 0 Å². The second-order valence-corrected chi connectivity index (χ2v) is 12.6. The molecule has 10 aromatic rings. The van der Waals surface area contributed by atoms with Gasteiger partial charge in [0, 0.05) is 39.6 Å². The number of hydrogen-bond acceptors (Lipinski definition) is 2. The summed E-state index contributed by atoms with van der Waals surface area (Å²) >= 11 is 0. The number of nitrogens with zero attached hydrogens (tertiary/aromatic N) is 3. The quantitative estimate of drug-likeness (QED) is 0.183. The third-order valence-electron chi connectivity index (χ3n) is 9.92. The zero-order chi connectivity index (χ0) is 32.3. The SMILES string of the molecule is c1ccc2c(c1)c1cc(-c3ccc(-c4ccc(-c5ccc(-n6c7ccccc7c7ccccc76)cc5)cc4)cc3)ccc1c1nccnc21. The lowest BCUT2D eigenvalue weighted by Gasteiger charge is -2.11. The van der Waals surface area contributed by atoms with Gasteiger partial charge < -0.3 is 4.57 Å². The summed E-state index contributed by atoms with van der Waals surface area (Å²) in [7, 11) is 0.